The number of allylic oxidation sites excluding steroid dienone is 1. The molecule has 2 aliphatic heterocycles. The number of halogens is 1. The number of carbonyl (C=O) groups excluding carboxylic acids is 2. The van der Waals surface area contributed by atoms with Crippen molar-refractivity contribution in [3.8, 4) is 11.5 Å². The lowest BCUT2D eigenvalue weighted by Crippen LogP contribution is -2.46. The number of aromatic hydroxyl groups is 1. The molecule has 2 N–H and O–H groups in total. The highest BCUT2D eigenvalue weighted by Gasteiger charge is 2.56. The maximum Gasteiger partial charge on any atom is 0.455 e. The first-order chi connectivity index (χ1) is 18.2. The van der Waals surface area contributed by atoms with Crippen molar-refractivity contribution >= 4 is 40.9 Å². The number of rotatable bonds is 7. The van der Waals surface area contributed by atoms with E-state index >= 15 is 0 Å². The van der Waals surface area contributed by atoms with Crippen LogP contribution >= 0.6 is 15.9 Å². The van der Waals surface area contributed by atoms with Gasteiger partial charge in [-0.05, 0) is 79.9 Å². The predicted molar refractivity (Wildman–Crippen MR) is 148 cm³/mol. The molecule has 0 radical (unpaired) electrons. The number of phenolic OH excluding ortho intramolecular Hbond substituents is 1. The van der Waals surface area contributed by atoms with E-state index in [9.17, 15) is 19.7 Å². The number of imide groups is 1. The van der Waals surface area contributed by atoms with Crippen molar-refractivity contribution in [3.05, 3.63) is 75.3 Å². The molecule has 2 heterocycles. The first-order valence-corrected chi connectivity index (χ1v) is 13.7. The number of hydrogen-bond donors (Lipinski definition) is 2. The number of likely N-dealkylation sites (tertiary alicyclic amines) is 1. The number of fused-ring (bicyclic) bond motifs is 3. The fourth-order valence-corrected chi connectivity index (χ4v) is 6.46. The minimum absolute atomic E-state index is 0.165. The molecule has 2 fully saturated rings. The van der Waals surface area contributed by atoms with Crippen LogP contribution in [-0.2, 0) is 14.2 Å². The van der Waals surface area contributed by atoms with E-state index in [1.54, 1.807) is 19.2 Å². The van der Waals surface area contributed by atoms with E-state index in [1.807, 2.05) is 49.4 Å². The Morgan fingerprint density at radius 2 is 1.95 bits per heavy atom. The van der Waals surface area contributed by atoms with Gasteiger partial charge >= 0.3 is 7.12 Å². The second-order valence-electron chi connectivity index (χ2n) is 10.4. The lowest BCUT2D eigenvalue weighted by atomic mass is 9.58. The summed E-state index contributed by atoms with van der Waals surface area (Å²) in [5.74, 6) is -0.627. The maximum absolute atomic E-state index is 13.1. The Bertz CT molecular complexity index is 1300. The van der Waals surface area contributed by atoms with Crippen molar-refractivity contribution in [1.29, 1.82) is 0 Å². The zero-order chi connectivity index (χ0) is 27.0. The predicted octanol–water partition coefficient (Wildman–Crippen LogP) is 4.84. The van der Waals surface area contributed by atoms with Gasteiger partial charge in [-0.15, -0.1) is 0 Å². The van der Waals surface area contributed by atoms with E-state index < -0.39 is 25.1 Å². The fourth-order valence-electron chi connectivity index (χ4n) is 6.08. The summed E-state index contributed by atoms with van der Waals surface area (Å²) in [6.07, 6.45) is 3.49. The number of nitrogens with zero attached hydrogens (tertiary/aromatic N) is 1. The molecule has 3 aliphatic rings. The molecule has 2 saturated heterocycles. The molecule has 198 valence electrons. The van der Waals surface area contributed by atoms with Crippen LogP contribution in [0, 0.1) is 17.8 Å². The number of para-hydroxylation sites is 1. The van der Waals surface area contributed by atoms with Crippen LogP contribution in [0.15, 0.2) is 69.7 Å². The van der Waals surface area contributed by atoms with Crippen LogP contribution in [0.5, 0.6) is 11.5 Å². The highest BCUT2D eigenvalue weighted by atomic mass is 79.9. The number of ether oxygens (including phenoxy) is 1. The molecule has 0 aromatic heterocycles. The van der Waals surface area contributed by atoms with Gasteiger partial charge in [0, 0.05) is 17.1 Å². The van der Waals surface area contributed by atoms with Gasteiger partial charge in [-0.3, -0.25) is 14.5 Å². The monoisotopic (exact) mass is 579 g/mol. The first kappa shape index (κ1) is 26.7. The summed E-state index contributed by atoms with van der Waals surface area (Å²) < 4.78 is 13.1. The van der Waals surface area contributed by atoms with Crippen molar-refractivity contribution < 1.29 is 29.1 Å². The summed E-state index contributed by atoms with van der Waals surface area (Å²) in [7, 11) is 0.526. The average Bonchev–Trinajstić information content (AvgIpc) is 3.12. The topological polar surface area (TPSA) is 96.3 Å². The summed E-state index contributed by atoms with van der Waals surface area (Å²) in [5, 5.41) is 20.9. The summed E-state index contributed by atoms with van der Waals surface area (Å²) in [6, 6.07) is 14.8. The molecule has 2 amide bonds. The van der Waals surface area contributed by atoms with E-state index in [-0.39, 0.29) is 29.8 Å². The van der Waals surface area contributed by atoms with Crippen LogP contribution in [0.3, 0.4) is 0 Å². The first-order valence-electron chi connectivity index (χ1n) is 12.9. The summed E-state index contributed by atoms with van der Waals surface area (Å²) in [6.45, 7) is 2.29. The molecule has 38 heavy (non-hydrogen) atoms. The van der Waals surface area contributed by atoms with Crippen LogP contribution < -0.4 is 4.74 Å². The standard InChI is InChI=1S/C29H31BBrNO6/c1-17(12-18-13-20(31)9-10-24(18)33)8-11-25-26-19(16-37-21-6-4-3-5-7-21)14-22-27(23(26)15-30(36)38-25)29(35)32(2)28(22)34/h3-7,9-10,12-13,22-23,25,27,33,36H,8,11,14-16H2,1-2H3/b17-12+/t22-,23+,25-,27-/m1/s1. The van der Waals surface area contributed by atoms with Gasteiger partial charge in [-0.1, -0.05) is 45.8 Å². The largest absolute Gasteiger partial charge is 0.507 e. The molecule has 5 rings (SSSR count). The fraction of sp³-hybridized carbons (Fsp3) is 0.379. The maximum atomic E-state index is 13.1. The summed E-state index contributed by atoms with van der Waals surface area (Å²) in [4.78, 5) is 27.3. The quantitative estimate of drug-likeness (QED) is 0.277. The Labute approximate surface area is 231 Å². The normalized spacial score (nSPS) is 25.5. The molecule has 0 spiro atoms. The Balaban J connectivity index is 1.44. The molecule has 7 nitrogen and oxygen atoms in total. The highest BCUT2D eigenvalue weighted by Crippen LogP contribution is 2.50. The number of phenols is 1. The van der Waals surface area contributed by atoms with Gasteiger partial charge in [0.15, 0.2) is 0 Å². The average molecular weight is 580 g/mol. The van der Waals surface area contributed by atoms with Crippen LogP contribution in [0.4, 0.5) is 0 Å². The molecular weight excluding hydrogens is 549 g/mol. The highest BCUT2D eigenvalue weighted by molar-refractivity contribution is 9.10. The van der Waals surface area contributed by atoms with Gasteiger partial charge in [-0.25, -0.2) is 0 Å². The third-order valence-corrected chi connectivity index (χ3v) is 8.37. The number of benzene rings is 2. The third kappa shape index (κ3) is 5.32. The van der Waals surface area contributed by atoms with E-state index in [1.165, 1.54) is 4.90 Å². The van der Waals surface area contributed by atoms with Crippen LogP contribution in [0.25, 0.3) is 6.08 Å². The van der Waals surface area contributed by atoms with Gasteiger partial charge in [0.1, 0.15) is 18.1 Å². The van der Waals surface area contributed by atoms with E-state index in [4.69, 9.17) is 9.39 Å². The second kappa shape index (κ2) is 11.1. The molecule has 0 saturated carbocycles. The van der Waals surface area contributed by atoms with Gasteiger partial charge in [0.05, 0.1) is 17.9 Å². The lowest BCUT2D eigenvalue weighted by Gasteiger charge is -2.43. The number of hydrogen-bond acceptors (Lipinski definition) is 6. The second-order valence-corrected chi connectivity index (χ2v) is 11.3. The van der Waals surface area contributed by atoms with Gasteiger partial charge in [0.2, 0.25) is 11.8 Å². The van der Waals surface area contributed by atoms with Crippen molar-refractivity contribution in [2.75, 3.05) is 13.7 Å². The summed E-state index contributed by atoms with van der Waals surface area (Å²) in [5.41, 5.74) is 3.72. The summed E-state index contributed by atoms with van der Waals surface area (Å²) >= 11 is 3.45. The zero-order valence-corrected chi connectivity index (χ0v) is 23.1. The number of carbonyl (C=O) groups is 2. The lowest BCUT2D eigenvalue weighted by molar-refractivity contribution is -0.138. The Morgan fingerprint density at radius 1 is 1.18 bits per heavy atom. The van der Waals surface area contributed by atoms with Crippen LogP contribution in [0.2, 0.25) is 6.32 Å². The van der Waals surface area contributed by atoms with Crippen molar-refractivity contribution in [2.45, 2.75) is 38.6 Å². The van der Waals surface area contributed by atoms with Crippen LogP contribution in [-0.4, -0.2) is 53.7 Å². The van der Waals surface area contributed by atoms with E-state index in [2.05, 4.69) is 15.9 Å². The molecule has 9 heteroatoms. The Hall–Kier alpha value is -2.88. The molecule has 1 aliphatic carbocycles. The molecule has 0 bridgehead atoms. The minimum Gasteiger partial charge on any atom is -0.507 e. The van der Waals surface area contributed by atoms with Crippen LogP contribution in [0.1, 0.15) is 31.7 Å². The number of amides is 2. The zero-order valence-electron chi connectivity index (χ0n) is 21.5. The van der Waals surface area contributed by atoms with Gasteiger partial charge in [0.25, 0.3) is 0 Å². The Morgan fingerprint density at radius 3 is 2.71 bits per heavy atom. The molecule has 0 unspecified atom stereocenters. The van der Waals surface area contributed by atoms with Crippen molar-refractivity contribution in [2.24, 2.45) is 17.8 Å². The minimum atomic E-state index is -1.02. The molecular formula is C29H31BBrNO6. The molecule has 2 aromatic carbocycles. The Kier molecular flexibility index (Phi) is 7.79. The van der Waals surface area contributed by atoms with Gasteiger partial charge in [-0.2, -0.15) is 0 Å². The van der Waals surface area contributed by atoms with Crippen molar-refractivity contribution in [1.82, 2.24) is 4.90 Å². The van der Waals surface area contributed by atoms with Crippen molar-refractivity contribution in [3.63, 3.8) is 0 Å². The molecule has 2 aromatic rings. The molecule has 4 atom stereocenters. The van der Waals surface area contributed by atoms with Gasteiger partial charge < -0.3 is 19.5 Å². The third-order valence-electron chi connectivity index (χ3n) is 7.88. The van der Waals surface area contributed by atoms with E-state index in [0.717, 1.165) is 26.9 Å². The smallest absolute Gasteiger partial charge is 0.455 e. The van der Waals surface area contributed by atoms with E-state index in [0.29, 0.717) is 31.4 Å². The SMILES string of the molecule is C/C(=C\c1cc(Br)ccc1O)CC[C@H]1OB(O)C[C@H]2C1=C(COc1ccccc1)C[C@H]1C(=O)N(C)C(=O)[C@H]12.